The Morgan fingerprint density at radius 3 is 2.52 bits per heavy atom. The van der Waals surface area contributed by atoms with Crippen LogP contribution in [0.5, 0.6) is 0 Å². The van der Waals surface area contributed by atoms with Crippen molar-refractivity contribution >= 4 is 54.9 Å². The van der Waals surface area contributed by atoms with E-state index in [4.69, 9.17) is 9.40 Å². The van der Waals surface area contributed by atoms with Crippen LogP contribution in [0.1, 0.15) is 10.4 Å². The minimum Gasteiger partial charge on any atom is -0.422 e. The topological polar surface area (TPSA) is 72.2 Å². The number of hydrogen-bond acceptors (Lipinski definition) is 5. The van der Waals surface area contributed by atoms with Crippen LogP contribution < -0.4 is 10.9 Å². The van der Waals surface area contributed by atoms with Crippen LogP contribution in [0.2, 0.25) is 0 Å². The Hall–Kier alpha value is -4.29. The van der Waals surface area contributed by atoms with E-state index in [2.05, 4.69) is 23.5 Å². The minimum atomic E-state index is -0.672. The molecule has 2 aromatic heterocycles. The summed E-state index contributed by atoms with van der Waals surface area (Å²) in [6.45, 7) is 0. The molecule has 0 saturated heterocycles. The molecule has 1 aliphatic rings. The van der Waals surface area contributed by atoms with Crippen LogP contribution in [0, 0.1) is 0 Å². The van der Waals surface area contributed by atoms with Gasteiger partial charge in [-0.2, -0.15) is 0 Å². The number of nitrogens with one attached hydrogen (secondary N) is 1. The second-order valence-corrected chi connectivity index (χ2v) is 9.01. The van der Waals surface area contributed by atoms with Gasteiger partial charge in [-0.15, -0.1) is 0 Å². The van der Waals surface area contributed by atoms with E-state index in [1.54, 1.807) is 12.1 Å². The quantitative estimate of drug-likeness (QED) is 0.244. The predicted molar refractivity (Wildman–Crippen MR) is 132 cm³/mol. The molecule has 6 heteroatoms. The number of rotatable bonds is 2. The molecule has 1 N–H and O–H groups in total. The van der Waals surface area contributed by atoms with E-state index in [1.165, 1.54) is 22.1 Å². The summed E-state index contributed by atoms with van der Waals surface area (Å²) in [5, 5.41) is 8.28. The number of fused-ring (bicyclic) bond motifs is 6. The molecule has 0 atom stereocenters. The van der Waals surface area contributed by atoms with E-state index in [0.29, 0.717) is 10.7 Å². The predicted octanol–water partition coefficient (Wildman–Crippen LogP) is 6.46. The average molecular weight is 446 g/mol. The highest BCUT2D eigenvalue weighted by atomic mass is 32.1. The van der Waals surface area contributed by atoms with Crippen molar-refractivity contribution in [2.45, 2.75) is 0 Å². The molecule has 5 nitrogen and oxygen atoms in total. The number of carbonyl (C=O) groups excluding carboxylic acids is 1. The molecule has 1 aliphatic carbocycles. The summed E-state index contributed by atoms with van der Waals surface area (Å²) < 4.78 is 5.47. The van der Waals surface area contributed by atoms with E-state index in [9.17, 15) is 9.59 Å². The number of thiazole rings is 1. The highest BCUT2D eigenvalue weighted by Crippen LogP contribution is 2.50. The second kappa shape index (κ2) is 6.60. The van der Waals surface area contributed by atoms with Gasteiger partial charge in [0.15, 0.2) is 5.13 Å². The molecular weight excluding hydrogens is 432 g/mol. The molecule has 6 aromatic rings. The molecular formula is C27H14N2O3S. The van der Waals surface area contributed by atoms with E-state index < -0.39 is 11.5 Å². The third kappa shape index (κ3) is 2.61. The molecule has 33 heavy (non-hydrogen) atoms. The molecule has 0 unspecified atom stereocenters. The first-order valence-corrected chi connectivity index (χ1v) is 11.3. The van der Waals surface area contributed by atoms with Crippen LogP contribution in [0.15, 0.2) is 88.1 Å². The number of hydrogen-bond donors (Lipinski definition) is 1. The van der Waals surface area contributed by atoms with Crippen LogP contribution in [0.3, 0.4) is 0 Å². The van der Waals surface area contributed by atoms with E-state index in [0.717, 1.165) is 37.9 Å². The number of carbonyl (C=O) groups is 1. The summed E-state index contributed by atoms with van der Waals surface area (Å²) in [5.41, 5.74) is 2.78. The molecule has 0 saturated carbocycles. The lowest BCUT2D eigenvalue weighted by Gasteiger charge is -2.06. The SMILES string of the molecule is O=C(Nc1nc2c(s1)-c1cccc3cccc-2c13)c1cc2c(ccc3ccccc32)oc1=O. The van der Waals surface area contributed by atoms with E-state index in [1.807, 2.05) is 48.5 Å². The van der Waals surface area contributed by atoms with Gasteiger partial charge in [0, 0.05) is 16.5 Å². The summed E-state index contributed by atoms with van der Waals surface area (Å²) >= 11 is 1.41. The van der Waals surface area contributed by atoms with Crippen molar-refractivity contribution in [1.29, 1.82) is 0 Å². The summed E-state index contributed by atoms with van der Waals surface area (Å²) in [6, 6.07) is 25.4. The monoisotopic (exact) mass is 446 g/mol. The average Bonchev–Trinajstić information content (AvgIpc) is 3.37. The highest BCUT2D eigenvalue weighted by molar-refractivity contribution is 7.20. The van der Waals surface area contributed by atoms with Gasteiger partial charge in [0.2, 0.25) is 0 Å². The zero-order valence-corrected chi connectivity index (χ0v) is 17.9. The van der Waals surface area contributed by atoms with Crippen molar-refractivity contribution in [3.8, 4) is 21.7 Å². The second-order valence-electron chi connectivity index (χ2n) is 8.01. The van der Waals surface area contributed by atoms with Crippen LogP contribution in [0.25, 0.3) is 54.2 Å². The molecule has 0 radical (unpaired) electrons. The molecule has 2 heterocycles. The lowest BCUT2D eigenvalue weighted by Crippen LogP contribution is -2.20. The first-order valence-electron chi connectivity index (χ1n) is 10.5. The largest absolute Gasteiger partial charge is 0.422 e. The number of nitrogens with zero attached hydrogens (tertiary/aromatic N) is 1. The molecule has 7 rings (SSSR count). The fourth-order valence-corrected chi connectivity index (χ4v) is 5.67. The van der Waals surface area contributed by atoms with Gasteiger partial charge in [-0.1, -0.05) is 78.1 Å². The van der Waals surface area contributed by atoms with Crippen molar-refractivity contribution in [2.24, 2.45) is 0 Å². The van der Waals surface area contributed by atoms with E-state index in [-0.39, 0.29) is 5.56 Å². The van der Waals surface area contributed by atoms with Crippen LogP contribution in [-0.4, -0.2) is 10.9 Å². The van der Waals surface area contributed by atoms with Gasteiger partial charge in [-0.25, -0.2) is 9.78 Å². The van der Waals surface area contributed by atoms with Crippen LogP contribution in [-0.2, 0) is 0 Å². The number of aromatic nitrogens is 1. The van der Waals surface area contributed by atoms with Crippen molar-refractivity contribution in [3.63, 3.8) is 0 Å². The van der Waals surface area contributed by atoms with Gasteiger partial charge >= 0.3 is 5.63 Å². The Balaban J connectivity index is 1.30. The first-order chi connectivity index (χ1) is 16.2. The Labute approximate surface area is 190 Å². The van der Waals surface area contributed by atoms with Crippen LogP contribution in [0.4, 0.5) is 5.13 Å². The minimum absolute atomic E-state index is 0.0447. The first kappa shape index (κ1) is 18.3. The lowest BCUT2D eigenvalue weighted by atomic mass is 10.0. The normalized spacial score (nSPS) is 11.9. The number of benzene rings is 4. The number of anilines is 1. The maximum atomic E-state index is 13.1. The zero-order chi connectivity index (χ0) is 22.1. The standard InChI is InChI=1S/C27H14N2O3S/c30-25(20-13-19-16-8-2-1-5-14(16)11-12-21(19)32-26(20)31)29-27-28-23-17-9-3-6-15-7-4-10-18(22(15)17)24(23)33-27/h1-13H,(H,28,29,30). The summed E-state index contributed by atoms with van der Waals surface area (Å²) in [5.74, 6) is -0.530. The Morgan fingerprint density at radius 1 is 0.848 bits per heavy atom. The number of amides is 1. The van der Waals surface area contributed by atoms with Crippen molar-refractivity contribution < 1.29 is 9.21 Å². The highest BCUT2D eigenvalue weighted by Gasteiger charge is 2.26. The fourth-order valence-electron chi connectivity index (χ4n) is 4.66. The fraction of sp³-hybridized carbons (Fsp3) is 0. The Morgan fingerprint density at radius 2 is 1.64 bits per heavy atom. The Kier molecular flexibility index (Phi) is 3.66. The van der Waals surface area contributed by atoms with Crippen molar-refractivity contribution in [3.05, 3.63) is 94.8 Å². The molecule has 0 fully saturated rings. The van der Waals surface area contributed by atoms with Gasteiger partial charge in [0.1, 0.15) is 11.1 Å². The molecule has 156 valence electrons. The summed E-state index contributed by atoms with van der Waals surface area (Å²) in [4.78, 5) is 31.4. The van der Waals surface area contributed by atoms with Crippen LogP contribution >= 0.6 is 11.3 Å². The van der Waals surface area contributed by atoms with Gasteiger partial charge in [0.05, 0.1) is 10.6 Å². The summed E-state index contributed by atoms with van der Waals surface area (Å²) in [7, 11) is 0. The van der Waals surface area contributed by atoms with Crippen molar-refractivity contribution in [1.82, 2.24) is 4.98 Å². The third-order valence-corrected chi connectivity index (χ3v) is 7.14. The molecule has 0 spiro atoms. The van der Waals surface area contributed by atoms with E-state index >= 15 is 0 Å². The maximum absolute atomic E-state index is 13.1. The molecule has 1 amide bonds. The smallest absolute Gasteiger partial charge is 0.349 e. The van der Waals surface area contributed by atoms with Gasteiger partial charge in [0.25, 0.3) is 5.91 Å². The van der Waals surface area contributed by atoms with Gasteiger partial charge in [-0.3, -0.25) is 10.1 Å². The molecule has 4 aromatic carbocycles. The zero-order valence-electron chi connectivity index (χ0n) is 17.1. The van der Waals surface area contributed by atoms with Gasteiger partial charge < -0.3 is 4.42 Å². The molecule has 0 bridgehead atoms. The maximum Gasteiger partial charge on any atom is 0.349 e. The van der Waals surface area contributed by atoms with Crippen molar-refractivity contribution in [2.75, 3.05) is 5.32 Å². The van der Waals surface area contributed by atoms with Gasteiger partial charge in [-0.05, 0) is 33.7 Å². The lowest BCUT2D eigenvalue weighted by molar-refractivity contribution is 0.102. The molecule has 0 aliphatic heterocycles. The summed E-state index contributed by atoms with van der Waals surface area (Å²) in [6.07, 6.45) is 0. The Bertz CT molecular complexity index is 1790. The third-order valence-electron chi connectivity index (χ3n) is 6.14.